The molecule has 7 rings (SSSR count). The zero-order valence-electron chi connectivity index (χ0n) is 21.8. The molecular formula is C36H26N4. The van der Waals surface area contributed by atoms with Crippen LogP contribution in [0.25, 0.3) is 39.4 Å². The van der Waals surface area contributed by atoms with E-state index in [-0.39, 0.29) is 0 Å². The van der Waals surface area contributed by atoms with Crippen molar-refractivity contribution in [2.45, 2.75) is 0 Å². The van der Waals surface area contributed by atoms with Gasteiger partial charge in [-0.3, -0.25) is 0 Å². The predicted octanol–water partition coefficient (Wildman–Crippen LogP) is 9.22. The van der Waals surface area contributed by atoms with E-state index >= 15 is 0 Å². The second kappa shape index (κ2) is 10.4. The summed E-state index contributed by atoms with van der Waals surface area (Å²) in [5.74, 6) is 0.711. The lowest BCUT2D eigenvalue weighted by atomic mass is 10.1. The minimum Gasteiger partial charge on any atom is -0.311 e. The average molecular weight is 515 g/mol. The van der Waals surface area contributed by atoms with Crippen LogP contribution < -0.4 is 4.90 Å². The van der Waals surface area contributed by atoms with E-state index in [0.29, 0.717) is 5.82 Å². The van der Waals surface area contributed by atoms with Gasteiger partial charge in [-0.15, -0.1) is 0 Å². The van der Waals surface area contributed by atoms with Gasteiger partial charge in [0.2, 0.25) is 0 Å². The summed E-state index contributed by atoms with van der Waals surface area (Å²) in [7, 11) is 0. The summed E-state index contributed by atoms with van der Waals surface area (Å²) < 4.78 is 2.15. The Morgan fingerprint density at radius 1 is 0.450 bits per heavy atom. The minimum atomic E-state index is 0.711. The van der Waals surface area contributed by atoms with Crippen molar-refractivity contribution in [1.82, 2.24) is 14.5 Å². The predicted molar refractivity (Wildman–Crippen MR) is 164 cm³/mol. The van der Waals surface area contributed by atoms with Gasteiger partial charge in [0.1, 0.15) is 5.65 Å². The third-order valence-electron chi connectivity index (χ3n) is 7.04. The highest BCUT2D eigenvalue weighted by Gasteiger charge is 2.16. The van der Waals surface area contributed by atoms with Crippen molar-refractivity contribution in [3.63, 3.8) is 0 Å². The van der Waals surface area contributed by atoms with Crippen LogP contribution in [0, 0.1) is 0 Å². The number of nitrogens with zero attached hydrogens (tertiary/aromatic N) is 4. The number of anilines is 3. The second-order valence-corrected chi connectivity index (χ2v) is 9.57. The highest BCUT2D eigenvalue weighted by atomic mass is 15.1. The number of rotatable bonds is 6. The normalized spacial score (nSPS) is 11.0. The lowest BCUT2D eigenvalue weighted by Gasteiger charge is -2.25. The molecule has 0 amide bonds. The molecule has 2 aromatic heterocycles. The number of aromatic nitrogens is 3. The Morgan fingerprint density at radius 3 is 1.52 bits per heavy atom. The fraction of sp³-hybridized carbons (Fsp3) is 0. The standard InChI is InChI=1S/C36H26N4/c1-5-13-27(14-6-1)34-33-25-26-39(36(33)38-35(37-34)28-15-7-2-8-16-28)29-21-23-32(24-22-29)40(30-17-9-3-10-18-30)31-19-11-4-12-20-31/h1-26H. The Kier molecular flexibility index (Phi) is 6.11. The summed E-state index contributed by atoms with van der Waals surface area (Å²) in [5, 5.41) is 1.02. The summed E-state index contributed by atoms with van der Waals surface area (Å²) in [4.78, 5) is 12.3. The van der Waals surface area contributed by atoms with Crippen LogP contribution in [-0.2, 0) is 0 Å². The first-order valence-corrected chi connectivity index (χ1v) is 13.4. The molecule has 190 valence electrons. The van der Waals surface area contributed by atoms with Crippen LogP contribution in [0.2, 0.25) is 0 Å². The van der Waals surface area contributed by atoms with Gasteiger partial charge in [-0.05, 0) is 54.6 Å². The molecule has 0 N–H and O–H groups in total. The van der Waals surface area contributed by atoms with Crippen molar-refractivity contribution in [1.29, 1.82) is 0 Å². The van der Waals surface area contributed by atoms with Crippen LogP contribution in [0.1, 0.15) is 0 Å². The van der Waals surface area contributed by atoms with Gasteiger partial charge < -0.3 is 9.47 Å². The van der Waals surface area contributed by atoms with E-state index in [1.165, 1.54) is 0 Å². The maximum Gasteiger partial charge on any atom is 0.162 e. The van der Waals surface area contributed by atoms with E-state index in [4.69, 9.17) is 9.97 Å². The van der Waals surface area contributed by atoms with Gasteiger partial charge in [0, 0.05) is 45.5 Å². The molecule has 0 spiro atoms. The number of hydrogen-bond donors (Lipinski definition) is 0. The van der Waals surface area contributed by atoms with Crippen molar-refractivity contribution in [2.75, 3.05) is 4.90 Å². The molecule has 2 heterocycles. The van der Waals surface area contributed by atoms with Gasteiger partial charge in [-0.25, -0.2) is 9.97 Å². The highest BCUT2D eigenvalue weighted by molar-refractivity contribution is 5.93. The largest absolute Gasteiger partial charge is 0.311 e. The number of benzene rings is 5. The third kappa shape index (κ3) is 4.42. The van der Waals surface area contributed by atoms with E-state index < -0.39 is 0 Å². The van der Waals surface area contributed by atoms with Crippen molar-refractivity contribution in [3.8, 4) is 28.3 Å². The number of hydrogen-bond acceptors (Lipinski definition) is 3. The molecule has 0 aliphatic rings. The number of fused-ring (bicyclic) bond motifs is 1. The summed E-state index contributed by atoms with van der Waals surface area (Å²) in [5.41, 5.74) is 8.22. The van der Waals surface area contributed by atoms with E-state index in [1.54, 1.807) is 0 Å². The Morgan fingerprint density at radius 2 is 0.950 bits per heavy atom. The first kappa shape index (κ1) is 23.6. The van der Waals surface area contributed by atoms with E-state index in [0.717, 1.165) is 50.6 Å². The maximum absolute atomic E-state index is 5.06. The lowest BCUT2D eigenvalue weighted by molar-refractivity contribution is 1.08. The van der Waals surface area contributed by atoms with Gasteiger partial charge in [-0.2, -0.15) is 0 Å². The molecule has 0 fully saturated rings. The summed E-state index contributed by atoms with van der Waals surface area (Å²) in [6.07, 6.45) is 2.09. The van der Waals surface area contributed by atoms with Gasteiger partial charge in [0.15, 0.2) is 5.82 Å². The molecule has 0 aliphatic heterocycles. The van der Waals surface area contributed by atoms with E-state index in [9.17, 15) is 0 Å². The molecule has 0 bridgehead atoms. The molecular weight excluding hydrogens is 488 g/mol. The molecule has 0 radical (unpaired) electrons. The second-order valence-electron chi connectivity index (χ2n) is 9.57. The molecule has 0 saturated carbocycles. The zero-order chi connectivity index (χ0) is 26.7. The van der Waals surface area contributed by atoms with Crippen LogP contribution in [-0.4, -0.2) is 14.5 Å². The first-order valence-electron chi connectivity index (χ1n) is 13.4. The lowest BCUT2D eigenvalue weighted by Crippen LogP contribution is -2.09. The highest BCUT2D eigenvalue weighted by Crippen LogP contribution is 2.35. The van der Waals surface area contributed by atoms with Crippen LogP contribution in [0.5, 0.6) is 0 Å². The number of para-hydroxylation sites is 2. The molecule has 0 saturated heterocycles. The van der Waals surface area contributed by atoms with Crippen LogP contribution in [0.3, 0.4) is 0 Å². The zero-order valence-corrected chi connectivity index (χ0v) is 21.8. The van der Waals surface area contributed by atoms with Crippen molar-refractivity contribution in [3.05, 3.63) is 158 Å². The summed E-state index contributed by atoms with van der Waals surface area (Å²) in [6, 6.07) is 52.1. The Labute approximate surface area is 233 Å². The molecule has 0 unspecified atom stereocenters. The molecule has 4 heteroatoms. The molecule has 0 aliphatic carbocycles. The molecule has 40 heavy (non-hydrogen) atoms. The summed E-state index contributed by atoms with van der Waals surface area (Å²) >= 11 is 0. The van der Waals surface area contributed by atoms with Gasteiger partial charge in [0.25, 0.3) is 0 Å². The van der Waals surface area contributed by atoms with Crippen molar-refractivity contribution in [2.24, 2.45) is 0 Å². The Balaban J connectivity index is 1.35. The Bertz CT molecular complexity index is 1820. The van der Waals surface area contributed by atoms with E-state index in [1.807, 2.05) is 48.5 Å². The fourth-order valence-corrected chi connectivity index (χ4v) is 5.12. The first-order chi connectivity index (χ1) is 19.8. The van der Waals surface area contributed by atoms with Gasteiger partial charge in [-0.1, -0.05) is 97.1 Å². The van der Waals surface area contributed by atoms with E-state index in [2.05, 4.69) is 119 Å². The van der Waals surface area contributed by atoms with Gasteiger partial charge in [0.05, 0.1) is 5.69 Å². The molecule has 5 aromatic carbocycles. The summed E-state index contributed by atoms with van der Waals surface area (Å²) in [6.45, 7) is 0. The fourth-order valence-electron chi connectivity index (χ4n) is 5.12. The molecule has 7 aromatic rings. The van der Waals surface area contributed by atoms with Crippen molar-refractivity contribution < 1.29 is 0 Å². The minimum absolute atomic E-state index is 0.711. The topological polar surface area (TPSA) is 34.0 Å². The molecule has 0 atom stereocenters. The van der Waals surface area contributed by atoms with Crippen LogP contribution in [0.15, 0.2) is 158 Å². The van der Waals surface area contributed by atoms with Crippen LogP contribution >= 0.6 is 0 Å². The Hall–Kier alpha value is -5.48. The van der Waals surface area contributed by atoms with Crippen molar-refractivity contribution >= 4 is 28.1 Å². The SMILES string of the molecule is c1ccc(-c2nc(-c3ccccc3)c3ccn(-c4ccc(N(c5ccccc5)c5ccccc5)cc4)c3n2)cc1. The van der Waals surface area contributed by atoms with Crippen LogP contribution in [0.4, 0.5) is 17.1 Å². The van der Waals surface area contributed by atoms with Gasteiger partial charge >= 0.3 is 0 Å². The average Bonchev–Trinajstić information content (AvgIpc) is 3.47. The third-order valence-corrected chi connectivity index (χ3v) is 7.04. The quantitative estimate of drug-likeness (QED) is 0.222. The smallest absolute Gasteiger partial charge is 0.162 e. The molecule has 4 nitrogen and oxygen atoms in total. The maximum atomic E-state index is 5.06. The monoisotopic (exact) mass is 514 g/mol.